The maximum atomic E-state index is 13.1. The van der Waals surface area contributed by atoms with E-state index in [1.165, 1.54) is 24.3 Å². The van der Waals surface area contributed by atoms with Gasteiger partial charge in [-0.1, -0.05) is 35.4 Å². The van der Waals surface area contributed by atoms with Crippen molar-refractivity contribution in [3.63, 3.8) is 0 Å². The third-order valence-electron chi connectivity index (χ3n) is 4.66. The van der Waals surface area contributed by atoms with Crippen molar-refractivity contribution in [2.45, 2.75) is 35.5 Å². The van der Waals surface area contributed by atoms with E-state index < -0.39 is 36.3 Å². The van der Waals surface area contributed by atoms with E-state index in [4.69, 9.17) is 0 Å². The van der Waals surface area contributed by atoms with Crippen molar-refractivity contribution in [3.8, 4) is 5.75 Å². The predicted molar refractivity (Wildman–Crippen MR) is 117 cm³/mol. The van der Waals surface area contributed by atoms with Gasteiger partial charge in [0, 0.05) is 0 Å². The Bertz CT molecular complexity index is 1360. The van der Waals surface area contributed by atoms with Gasteiger partial charge in [0.1, 0.15) is 10.6 Å². The van der Waals surface area contributed by atoms with E-state index in [0.29, 0.717) is 0 Å². The molecule has 0 aliphatic heterocycles. The molecule has 3 aromatic rings. The van der Waals surface area contributed by atoms with Crippen molar-refractivity contribution in [1.29, 1.82) is 0 Å². The number of hydrogen-bond acceptors (Lipinski definition) is 6. The average molecular weight is 460 g/mol. The van der Waals surface area contributed by atoms with E-state index in [1.54, 1.807) is 31.2 Å². The van der Waals surface area contributed by atoms with Gasteiger partial charge in [-0.3, -0.25) is 9.52 Å². The van der Waals surface area contributed by atoms with E-state index in [0.717, 1.165) is 30.2 Å². The lowest BCUT2D eigenvalue weighted by Gasteiger charge is -2.14. The van der Waals surface area contributed by atoms with Gasteiger partial charge in [0.25, 0.3) is 10.0 Å². The Morgan fingerprint density at radius 1 is 0.806 bits per heavy atom. The van der Waals surface area contributed by atoms with Gasteiger partial charge in [0.15, 0.2) is 5.78 Å². The molecule has 3 rings (SSSR count). The van der Waals surface area contributed by atoms with Crippen LogP contribution >= 0.6 is 0 Å². The molecule has 0 aliphatic rings. The number of aromatic hydroxyl groups is 1. The molecule has 7 nitrogen and oxygen atoms in total. The second-order valence-electron chi connectivity index (χ2n) is 7.16. The Morgan fingerprint density at radius 3 is 1.77 bits per heavy atom. The van der Waals surface area contributed by atoms with E-state index >= 15 is 0 Å². The minimum Gasteiger partial charge on any atom is -0.506 e. The number of anilines is 1. The number of sulfone groups is 1. The van der Waals surface area contributed by atoms with Crippen molar-refractivity contribution in [2.24, 2.45) is 0 Å². The van der Waals surface area contributed by atoms with Crippen LogP contribution in [0.2, 0.25) is 0 Å². The summed E-state index contributed by atoms with van der Waals surface area (Å²) in [5, 5.41) is 10.5. The molecule has 0 fully saturated rings. The van der Waals surface area contributed by atoms with Gasteiger partial charge in [-0.2, -0.15) is 0 Å². The summed E-state index contributed by atoms with van der Waals surface area (Å²) in [6, 6.07) is 14.1. The number of nitrogens with one attached hydrogen (secondary N) is 1. The molecule has 0 amide bonds. The maximum Gasteiger partial charge on any atom is 0.261 e. The van der Waals surface area contributed by atoms with Crippen molar-refractivity contribution in [2.75, 3.05) is 4.72 Å². The van der Waals surface area contributed by atoms with E-state index in [1.807, 2.05) is 6.92 Å². The van der Waals surface area contributed by atoms with Crippen LogP contribution in [0.5, 0.6) is 5.75 Å². The maximum absolute atomic E-state index is 13.1. The molecule has 0 atom stereocenters. The molecular weight excluding hydrogens is 438 g/mol. The van der Waals surface area contributed by atoms with E-state index in [-0.39, 0.29) is 21.0 Å². The second kappa shape index (κ2) is 8.16. The molecule has 9 heteroatoms. The highest BCUT2D eigenvalue weighted by Crippen LogP contribution is 2.35. The number of carbonyl (C=O) groups is 1. The molecule has 0 heterocycles. The van der Waals surface area contributed by atoms with Crippen LogP contribution in [-0.2, 0) is 19.9 Å². The lowest BCUT2D eigenvalue weighted by Crippen LogP contribution is -2.14. The molecule has 0 bridgehead atoms. The zero-order valence-corrected chi connectivity index (χ0v) is 18.7. The van der Waals surface area contributed by atoms with Gasteiger partial charge in [0.2, 0.25) is 9.84 Å². The van der Waals surface area contributed by atoms with Gasteiger partial charge in [0.05, 0.1) is 21.0 Å². The standard InChI is InChI=1S/C22H21NO6S2/c1-14-4-8-18(9-5-14)30(26,27)21-13-17(12-20(16(3)24)22(21)25)23-31(28,29)19-10-6-15(2)7-11-19/h4-13,23,25H,1-3H3. The molecule has 0 unspecified atom stereocenters. The number of sulfonamides is 1. The summed E-state index contributed by atoms with van der Waals surface area (Å²) in [6.07, 6.45) is 0. The smallest absolute Gasteiger partial charge is 0.261 e. The Hall–Kier alpha value is -3.17. The van der Waals surface area contributed by atoms with Crippen molar-refractivity contribution in [3.05, 3.63) is 77.4 Å². The van der Waals surface area contributed by atoms with Crippen LogP contribution in [0.4, 0.5) is 5.69 Å². The first-order chi connectivity index (χ1) is 14.4. The van der Waals surface area contributed by atoms with Gasteiger partial charge >= 0.3 is 0 Å². The third kappa shape index (κ3) is 4.62. The number of carbonyl (C=O) groups excluding carboxylic acids is 1. The second-order valence-corrected chi connectivity index (χ2v) is 10.8. The van der Waals surface area contributed by atoms with E-state index in [9.17, 15) is 26.7 Å². The number of phenolic OH excluding ortho intramolecular Hbond substituents is 1. The number of phenols is 1. The molecule has 0 spiro atoms. The fourth-order valence-electron chi connectivity index (χ4n) is 2.92. The first kappa shape index (κ1) is 22.5. The predicted octanol–water partition coefficient (Wildman–Crippen LogP) is 3.85. The number of benzene rings is 3. The normalized spacial score (nSPS) is 11.8. The van der Waals surface area contributed by atoms with Crippen LogP contribution in [0, 0.1) is 13.8 Å². The monoisotopic (exact) mass is 459 g/mol. The largest absolute Gasteiger partial charge is 0.506 e. The van der Waals surface area contributed by atoms with Crippen LogP contribution in [0.1, 0.15) is 28.4 Å². The number of Topliss-reactive ketones (excluding diaryl/α,β-unsaturated/α-hetero) is 1. The Labute approximate surface area is 181 Å². The number of aryl methyl sites for hydroxylation is 2. The molecular formula is C22H21NO6S2. The van der Waals surface area contributed by atoms with Gasteiger partial charge in [-0.15, -0.1) is 0 Å². The lowest BCUT2D eigenvalue weighted by atomic mass is 10.1. The summed E-state index contributed by atoms with van der Waals surface area (Å²) in [5.74, 6) is -1.35. The topological polar surface area (TPSA) is 118 Å². The minimum atomic E-state index is -4.23. The summed E-state index contributed by atoms with van der Waals surface area (Å²) in [6.45, 7) is 4.75. The highest BCUT2D eigenvalue weighted by atomic mass is 32.2. The number of ketones is 1. The van der Waals surface area contributed by atoms with Crippen LogP contribution in [0.3, 0.4) is 0 Å². The summed E-state index contributed by atoms with van der Waals surface area (Å²) in [4.78, 5) is 11.3. The quantitative estimate of drug-likeness (QED) is 0.427. The third-order valence-corrected chi connectivity index (χ3v) is 7.84. The zero-order chi connectivity index (χ0) is 23.0. The molecule has 31 heavy (non-hydrogen) atoms. The summed E-state index contributed by atoms with van der Waals surface area (Å²) < 4.78 is 54.0. The fraction of sp³-hybridized carbons (Fsp3) is 0.136. The molecule has 3 aromatic carbocycles. The van der Waals surface area contributed by atoms with Crippen LogP contribution in [0.15, 0.2) is 75.4 Å². The highest BCUT2D eigenvalue weighted by Gasteiger charge is 2.27. The van der Waals surface area contributed by atoms with Crippen LogP contribution in [0.25, 0.3) is 0 Å². The molecule has 0 saturated carbocycles. The Balaban J connectivity index is 2.15. The van der Waals surface area contributed by atoms with Crippen molar-refractivity contribution < 1.29 is 26.7 Å². The summed E-state index contributed by atoms with van der Waals surface area (Å²) >= 11 is 0. The first-order valence-corrected chi connectivity index (χ1v) is 12.2. The molecule has 0 aromatic heterocycles. The molecule has 0 saturated heterocycles. The summed E-state index contributed by atoms with van der Waals surface area (Å²) in [5.41, 5.74) is 1.24. The van der Waals surface area contributed by atoms with Crippen molar-refractivity contribution in [1.82, 2.24) is 0 Å². The highest BCUT2D eigenvalue weighted by molar-refractivity contribution is 7.92. The van der Waals surface area contributed by atoms with Gasteiger partial charge < -0.3 is 5.11 Å². The lowest BCUT2D eigenvalue weighted by molar-refractivity contribution is 0.101. The molecule has 162 valence electrons. The number of hydrogen-bond donors (Lipinski definition) is 2. The zero-order valence-electron chi connectivity index (χ0n) is 17.1. The van der Waals surface area contributed by atoms with Crippen LogP contribution in [-0.4, -0.2) is 27.7 Å². The fourth-order valence-corrected chi connectivity index (χ4v) is 5.35. The summed E-state index contributed by atoms with van der Waals surface area (Å²) in [7, 11) is -8.28. The van der Waals surface area contributed by atoms with Crippen molar-refractivity contribution >= 4 is 31.3 Å². The SMILES string of the molecule is CC(=O)c1cc(NS(=O)(=O)c2ccc(C)cc2)cc(S(=O)(=O)c2ccc(C)cc2)c1O. The number of rotatable bonds is 6. The molecule has 2 N–H and O–H groups in total. The Morgan fingerprint density at radius 2 is 1.29 bits per heavy atom. The Kier molecular flexibility index (Phi) is 5.93. The van der Waals surface area contributed by atoms with E-state index in [2.05, 4.69) is 4.72 Å². The van der Waals surface area contributed by atoms with Gasteiger partial charge in [-0.05, 0) is 57.2 Å². The minimum absolute atomic E-state index is 0.0292. The first-order valence-electron chi connectivity index (χ1n) is 9.21. The molecule has 0 aliphatic carbocycles. The average Bonchev–Trinajstić information content (AvgIpc) is 2.69. The molecule has 0 radical (unpaired) electrons. The van der Waals surface area contributed by atoms with Crippen LogP contribution < -0.4 is 4.72 Å². The van der Waals surface area contributed by atoms with Gasteiger partial charge in [-0.25, -0.2) is 16.8 Å².